The van der Waals surface area contributed by atoms with Gasteiger partial charge in [-0.2, -0.15) is 5.10 Å². The van der Waals surface area contributed by atoms with Crippen LogP contribution in [0.1, 0.15) is 34.1 Å². The molecule has 0 fully saturated rings. The SMILES string of the molecule is C/C=C/c1ccc(C(=O)Nc2ccc3n[nH]c(CO)c3c2)c(C)c1. The normalized spacial score (nSPS) is 11.3. The lowest BCUT2D eigenvalue weighted by Gasteiger charge is -2.09. The summed E-state index contributed by atoms with van der Waals surface area (Å²) in [6.45, 7) is 3.76. The van der Waals surface area contributed by atoms with E-state index in [0.717, 1.165) is 22.0 Å². The summed E-state index contributed by atoms with van der Waals surface area (Å²) in [6.07, 6.45) is 3.96. The highest BCUT2D eigenvalue weighted by atomic mass is 16.3. The monoisotopic (exact) mass is 321 g/mol. The van der Waals surface area contributed by atoms with Crippen molar-refractivity contribution in [1.29, 1.82) is 0 Å². The first kappa shape index (κ1) is 16.0. The summed E-state index contributed by atoms with van der Waals surface area (Å²) in [5.41, 5.74) is 4.68. The van der Waals surface area contributed by atoms with Crippen LogP contribution in [0.15, 0.2) is 42.5 Å². The van der Waals surface area contributed by atoms with E-state index in [0.29, 0.717) is 16.9 Å². The van der Waals surface area contributed by atoms with E-state index in [1.54, 1.807) is 6.07 Å². The zero-order chi connectivity index (χ0) is 17.1. The van der Waals surface area contributed by atoms with Gasteiger partial charge in [-0.3, -0.25) is 9.89 Å². The predicted octanol–water partition coefficient (Wildman–Crippen LogP) is 3.65. The van der Waals surface area contributed by atoms with E-state index < -0.39 is 0 Å². The van der Waals surface area contributed by atoms with Gasteiger partial charge < -0.3 is 10.4 Å². The molecule has 0 atom stereocenters. The molecule has 0 aliphatic heterocycles. The zero-order valence-electron chi connectivity index (χ0n) is 13.6. The van der Waals surface area contributed by atoms with Crippen molar-refractivity contribution in [2.24, 2.45) is 0 Å². The minimum absolute atomic E-state index is 0.126. The summed E-state index contributed by atoms with van der Waals surface area (Å²) in [5.74, 6) is -0.159. The molecular weight excluding hydrogens is 302 g/mol. The first-order valence-electron chi connectivity index (χ1n) is 7.75. The number of fused-ring (bicyclic) bond motifs is 1. The van der Waals surface area contributed by atoms with Gasteiger partial charge in [0.1, 0.15) is 0 Å². The number of nitrogens with one attached hydrogen (secondary N) is 2. The van der Waals surface area contributed by atoms with Crippen LogP contribution in [0.3, 0.4) is 0 Å². The van der Waals surface area contributed by atoms with Crippen LogP contribution in [-0.4, -0.2) is 21.2 Å². The molecule has 3 rings (SSSR count). The molecule has 0 spiro atoms. The molecule has 24 heavy (non-hydrogen) atoms. The Hall–Kier alpha value is -2.92. The second-order valence-corrected chi connectivity index (χ2v) is 5.62. The van der Waals surface area contributed by atoms with Crippen molar-refractivity contribution in [3.05, 3.63) is 64.9 Å². The van der Waals surface area contributed by atoms with Crippen LogP contribution in [0.5, 0.6) is 0 Å². The van der Waals surface area contributed by atoms with Crippen LogP contribution in [0.25, 0.3) is 17.0 Å². The number of nitrogens with zero attached hydrogens (tertiary/aromatic N) is 1. The van der Waals surface area contributed by atoms with E-state index in [2.05, 4.69) is 15.5 Å². The fraction of sp³-hybridized carbons (Fsp3) is 0.158. The number of rotatable bonds is 4. The number of carbonyl (C=O) groups is 1. The fourth-order valence-corrected chi connectivity index (χ4v) is 2.70. The maximum absolute atomic E-state index is 12.5. The number of amides is 1. The van der Waals surface area contributed by atoms with Gasteiger partial charge in [-0.25, -0.2) is 0 Å². The van der Waals surface area contributed by atoms with Crippen molar-refractivity contribution in [3.63, 3.8) is 0 Å². The van der Waals surface area contributed by atoms with E-state index in [1.807, 2.05) is 56.3 Å². The van der Waals surface area contributed by atoms with Gasteiger partial charge in [0.25, 0.3) is 5.91 Å². The molecule has 5 heteroatoms. The fourth-order valence-electron chi connectivity index (χ4n) is 2.70. The van der Waals surface area contributed by atoms with Crippen molar-refractivity contribution < 1.29 is 9.90 Å². The third kappa shape index (κ3) is 3.07. The third-order valence-corrected chi connectivity index (χ3v) is 3.90. The molecule has 1 aromatic heterocycles. The van der Waals surface area contributed by atoms with E-state index >= 15 is 0 Å². The van der Waals surface area contributed by atoms with E-state index in [4.69, 9.17) is 0 Å². The minimum Gasteiger partial charge on any atom is -0.390 e. The lowest BCUT2D eigenvalue weighted by Crippen LogP contribution is -2.13. The molecule has 1 amide bonds. The van der Waals surface area contributed by atoms with Crippen molar-refractivity contribution in [2.45, 2.75) is 20.5 Å². The number of H-pyrrole nitrogens is 1. The van der Waals surface area contributed by atoms with Crippen molar-refractivity contribution in [3.8, 4) is 0 Å². The molecule has 3 aromatic rings. The Kier molecular flexibility index (Phi) is 4.44. The Bertz CT molecular complexity index is 926. The maximum atomic E-state index is 12.5. The van der Waals surface area contributed by atoms with E-state index in [1.165, 1.54) is 0 Å². The number of hydrogen-bond acceptors (Lipinski definition) is 3. The molecule has 122 valence electrons. The van der Waals surface area contributed by atoms with Gasteiger partial charge in [0.15, 0.2) is 0 Å². The number of aryl methyl sites for hydroxylation is 1. The van der Waals surface area contributed by atoms with Gasteiger partial charge in [-0.15, -0.1) is 0 Å². The summed E-state index contributed by atoms with van der Waals surface area (Å²) in [4.78, 5) is 12.5. The lowest BCUT2D eigenvalue weighted by atomic mass is 10.0. The molecule has 2 aromatic carbocycles. The number of aliphatic hydroxyl groups excluding tert-OH is 1. The van der Waals surface area contributed by atoms with Gasteiger partial charge in [-0.1, -0.05) is 24.3 Å². The van der Waals surface area contributed by atoms with Gasteiger partial charge in [0, 0.05) is 16.6 Å². The molecule has 0 unspecified atom stereocenters. The molecule has 1 heterocycles. The number of aromatic amines is 1. The number of anilines is 1. The van der Waals surface area contributed by atoms with Crippen molar-refractivity contribution in [2.75, 3.05) is 5.32 Å². The second kappa shape index (κ2) is 6.68. The third-order valence-electron chi connectivity index (χ3n) is 3.90. The smallest absolute Gasteiger partial charge is 0.255 e. The van der Waals surface area contributed by atoms with Crippen LogP contribution in [0.2, 0.25) is 0 Å². The van der Waals surface area contributed by atoms with Crippen LogP contribution in [0, 0.1) is 6.92 Å². The van der Waals surface area contributed by atoms with Gasteiger partial charge >= 0.3 is 0 Å². The van der Waals surface area contributed by atoms with Crippen molar-refractivity contribution >= 4 is 28.6 Å². The van der Waals surface area contributed by atoms with Crippen LogP contribution in [-0.2, 0) is 6.61 Å². The Morgan fingerprint density at radius 2 is 2.12 bits per heavy atom. The highest BCUT2D eigenvalue weighted by molar-refractivity contribution is 6.06. The number of aliphatic hydroxyl groups is 1. The highest BCUT2D eigenvalue weighted by Gasteiger charge is 2.11. The molecular formula is C19H19N3O2. The molecule has 0 saturated heterocycles. The van der Waals surface area contributed by atoms with Crippen LogP contribution < -0.4 is 5.32 Å². The topological polar surface area (TPSA) is 78.0 Å². The standard InChI is InChI=1S/C19H19N3O2/c1-3-4-13-5-7-15(12(2)9-13)19(24)20-14-6-8-17-16(10-14)18(11-23)22-21-17/h3-10,23H,11H2,1-2H3,(H,20,24)(H,21,22)/b4-3+. The van der Waals surface area contributed by atoms with Crippen LogP contribution >= 0.6 is 0 Å². The number of allylic oxidation sites excluding steroid dienone is 1. The largest absolute Gasteiger partial charge is 0.390 e. The molecule has 3 N–H and O–H groups in total. The summed E-state index contributed by atoms with van der Waals surface area (Å²) in [7, 11) is 0. The molecule has 0 saturated carbocycles. The number of hydrogen-bond donors (Lipinski definition) is 3. The second-order valence-electron chi connectivity index (χ2n) is 5.62. The Balaban J connectivity index is 1.86. The number of benzene rings is 2. The molecule has 0 radical (unpaired) electrons. The molecule has 5 nitrogen and oxygen atoms in total. The summed E-state index contributed by atoms with van der Waals surface area (Å²) < 4.78 is 0. The van der Waals surface area contributed by atoms with Gasteiger partial charge in [-0.05, 0) is 49.2 Å². The number of aromatic nitrogens is 2. The predicted molar refractivity (Wildman–Crippen MR) is 95.9 cm³/mol. The average Bonchev–Trinajstić information content (AvgIpc) is 2.97. The Labute approximate surface area is 140 Å². The molecule has 0 aliphatic carbocycles. The summed E-state index contributed by atoms with van der Waals surface area (Å²) in [6, 6.07) is 11.2. The quantitative estimate of drug-likeness (QED) is 0.686. The molecule has 0 bridgehead atoms. The number of carbonyl (C=O) groups excluding carboxylic acids is 1. The first-order chi connectivity index (χ1) is 11.6. The van der Waals surface area contributed by atoms with E-state index in [9.17, 15) is 9.90 Å². The van der Waals surface area contributed by atoms with Crippen LogP contribution in [0.4, 0.5) is 5.69 Å². The van der Waals surface area contributed by atoms with Gasteiger partial charge in [0.05, 0.1) is 17.8 Å². The summed E-state index contributed by atoms with van der Waals surface area (Å²) in [5, 5.41) is 19.9. The van der Waals surface area contributed by atoms with E-state index in [-0.39, 0.29) is 12.5 Å². The van der Waals surface area contributed by atoms with Crippen molar-refractivity contribution in [1.82, 2.24) is 10.2 Å². The first-order valence-corrected chi connectivity index (χ1v) is 7.75. The molecule has 0 aliphatic rings. The highest BCUT2D eigenvalue weighted by Crippen LogP contribution is 2.22. The van der Waals surface area contributed by atoms with Gasteiger partial charge in [0.2, 0.25) is 0 Å². The zero-order valence-corrected chi connectivity index (χ0v) is 13.6. The average molecular weight is 321 g/mol. The Morgan fingerprint density at radius 1 is 1.29 bits per heavy atom. The maximum Gasteiger partial charge on any atom is 0.255 e. The lowest BCUT2D eigenvalue weighted by molar-refractivity contribution is 0.102. The minimum atomic E-state index is -0.159. The Morgan fingerprint density at radius 3 is 2.83 bits per heavy atom. The summed E-state index contributed by atoms with van der Waals surface area (Å²) >= 11 is 0.